The second kappa shape index (κ2) is 10.5. The Balaban J connectivity index is 1.24. The largest absolute Gasteiger partial charge is 0.481 e. The van der Waals surface area contributed by atoms with Crippen LogP contribution in [0.4, 0.5) is 15.0 Å². The number of piperidine rings is 1. The van der Waals surface area contributed by atoms with Gasteiger partial charge in [-0.3, -0.25) is 4.79 Å². The van der Waals surface area contributed by atoms with E-state index >= 15 is 0 Å². The maximum atomic E-state index is 14.6. The van der Waals surface area contributed by atoms with E-state index in [0.717, 1.165) is 37.3 Å². The molecule has 1 aliphatic carbocycles. The summed E-state index contributed by atoms with van der Waals surface area (Å²) in [5, 5.41) is 13.6. The number of likely N-dealkylation sites (tertiary alicyclic amines) is 1. The molecule has 1 atom stereocenters. The Morgan fingerprint density at radius 3 is 2.86 bits per heavy atom. The number of carbonyl (C=O) groups is 2. The van der Waals surface area contributed by atoms with Gasteiger partial charge in [-0.25, -0.2) is 24.1 Å². The molecule has 3 N–H and O–H groups in total. The summed E-state index contributed by atoms with van der Waals surface area (Å²) in [6, 6.07) is 1.75. The van der Waals surface area contributed by atoms with Crippen LogP contribution in [0.3, 0.4) is 0 Å². The highest BCUT2D eigenvalue weighted by molar-refractivity contribution is 6.31. The third kappa shape index (κ3) is 5.61. The summed E-state index contributed by atoms with van der Waals surface area (Å²) in [7, 11) is 0. The molecule has 2 aliphatic rings. The van der Waals surface area contributed by atoms with Gasteiger partial charge in [0, 0.05) is 43.0 Å². The summed E-state index contributed by atoms with van der Waals surface area (Å²) in [5.74, 6) is -1.10. The van der Waals surface area contributed by atoms with Gasteiger partial charge in [-0.2, -0.15) is 0 Å². The van der Waals surface area contributed by atoms with E-state index in [1.807, 2.05) is 0 Å². The van der Waals surface area contributed by atoms with Crippen LogP contribution in [0.25, 0.3) is 22.4 Å². The third-order valence-electron chi connectivity index (χ3n) is 7.11. The van der Waals surface area contributed by atoms with E-state index in [0.29, 0.717) is 54.5 Å². The molecule has 1 saturated heterocycles. The Hall–Kier alpha value is -3.47. The molecule has 3 aromatic heterocycles. The van der Waals surface area contributed by atoms with Gasteiger partial charge in [0.05, 0.1) is 17.6 Å². The van der Waals surface area contributed by atoms with Crippen molar-refractivity contribution in [1.82, 2.24) is 24.8 Å². The van der Waals surface area contributed by atoms with E-state index in [1.54, 1.807) is 17.2 Å². The lowest BCUT2D eigenvalue weighted by atomic mass is 9.97. The van der Waals surface area contributed by atoms with Crippen LogP contribution in [0.5, 0.6) is 0 Å². The average Bonchev–Trinajstić information content (AvgIpc) is 3.50. The lowest BCUT2D eigenvalue weighted by molar-refractivity contribution is -0.142. The number of pyridine rings is 1. The number of carboxylic acid groups (broad SMARTS) is 1. The molecule has 1 amide bonds. The fraction of sp³-hybridized carbons (Fsp3) is 0.480. The van der Waals surface area contributed by atoms with Crippen LogP contribution in [0, 0.1) is 11.7 Å². The molecule has 12 heteroatoms. The van der Waals surface area contributed by atoms with Gasteiger partial charge in [-0.1, -0.05) is 11.6 Å². The fourth-order valence-electron chi connectivity index (χ4n) is 5.28. The quantitative estimate of drug-likeness (QED) is 0.394. The highest BCUT2D eigenvalue weighted by Crippen LogP contribution is 2.37. The van der Waals surface area contributed by atoms with Crippen molar-refractivity contribution in [2.24, 2.45) is 5.92 Å². The van der Waals surface area contributed by atoms with Crippen molar-refractivity contribution in [3.63, 3.8) is 0 Å². The molecule has 3 aromatic rings. The molecule has 5 rings (SSSR count). The van der Waals surface area contributed by atoms with Crippen molar-refractivity contribution in [2.45, 2.75) is 50.5 Å². The van der Waals surface area contributed by atoms with Crippen molar-refractivity contribution in [3.05, 3.63) is 35.5 Å². The number of anilines is 1. The third-order valence-corrected chi connectivity index (χ3v) is 7.32. The number of aliphatic carboxylic acids is 1. The van der Waals surface area contributed by atoms with Crippen molar-refractivity contribution < 1.29 is 23.8 Å². The monoisotopic (exact) mass is 530 g/mol. The number of halogens is 2. The van der Waals surface area contributed by atoms with Gasteiger partial charge in [0.25, 0.3) is 0 Å². The van der Waals surface area contributed by atoms with Gasteiger partial charge in [0.1, 0.15) is 11.2 Å². The van der Waals surface area contributed by atoms with Crippen LogP contribution in [-0.4, -0.2) is 67.2 Å². The molecule has 0 radical (unpaired) electrons. The first-order valence-electron chi connectivity index (χ1n) is 12.4. The number of carbonyl (C=O) groups excluding carboxylic acids is 1. The number of hydrogen-bond acceptors (Lipinski definition) is 7. The van der Waals surface area contributed by atoms with E-state index in [9.17, 15) is 19.1 Å². The number of nitrogens with one attached hydrogen (secondary N) is 2. The number of nitrogens with zero attached hydrogens (tertiary/aromatic N) is 4. The number of fused-ring (bicyclic) bond motifs is 1. The Morgan fingerprint density at radius 1 is 1.27 bits per heavy atom. The minimum atomic E-state index is -0.964. The minimum Gasteiger partial charge on any atom is -0.481 e. The Kier molecular flexibility index (Phi) is 7.14. The molecule has 4 heterocycles. The first kappa shape index (κ1) is 25.2. The molecule has 196 valence electrons. The molecule has 37 heavy (non-hydrogen) atoms. The number of amides is 1. The molecule has 0 aromatic carbocycles. The van der Waals surface area contributed by atoms with Gasteiger partial charge in [-0.15, -0.1) is 0 Å². The Morgan fingerprint density at radius 2 is 2.08 bits per heavy atom. The van der Waals surface area contributed by atoms with Crippen LogP contribution in [0.1, 0.15) is 44.9 Å². The average molecular weight is 531 g/mol. The van der Waals surface area contributed by atoms with Crippen LogP contribution in [0.15, 0.2) is 24.7 Å². The molecular formula is C25H28ClFN6O4. The highest BCUT2D eigenvalue weighted by Gasteiger charge is 2.41. The van der Waals surface area contributed by atoms with E-state index in [-0.39, 0.29) is 18.2 Å². The standard InChI is InChI=1S/C25H28ClFN6O4/c26-16-8-17-18(12-30-21(17)29-11-16)22-31-13-19(27)23(32-22)28-10-15-4-3-7-33(14-15)24(36)37-25(9-20(34)35)5-1-2-6-25/h8,11-13,15H,1-7,9-10,14H2,(H,29,30)(H,34,35)(H,28,31,32)/t15-/m1/s1. The predicted octanol–water partition coefficient (Wildman–Crippen LogP) is 4.86. The first-order chi connectivity index (χ1) is 17.8. The molecule has 1 aliphatic heterocycles. The van der Waals surface area contributed by atoms with Crippen molar-refractivity contribution >= 4 is 40.5 Å². The topological polar surface area (TPSA) is 133 Å². The van der Waals surface area contributed by atoms with Crippen molar-refractivity contribution in [1.29, 1.82) is 0 Å². The molecule has 0 bridgehead atoms. The van der Waals surface area contributed by atoms with E-state index in [4.69, 9.17) is 16.3 Å². The number of H-pyrrole nitrogens is 1. The van der Waals surface area contributed by atoms with E-state index in [2.05, 4.69) is 25.3 Å². The zero-order valence-electron chi connectivity index (χ0n) is 20.2. The van der Waals surface area contributed by atoms with Crippen molar-refractivity contribution in [2.75, 3.05) is 25.0 Å². The number of carboxylic acids is 1. The Bertz CT molecular complexity index is 1310. The molecule has 2 fully saturated rings. The fourth-order valence-corrected chi connectivity index (χ4v) is 5.44. The van der Waals surface area contributed by atoms with Gasteiger partial charge in [0.2, 0.25) is 0 Å². The van der Waals surface area contributed by atoms with Gasteiger partial charge in [-0.05, 0) is 50.5 Å². The van der Waals surface area contributed by atoms with E-state index in [1.165, 1.54) is 6.20 Å². The second-order valence-electron chi connectivity index (χ2n) is 9.81. The van der Waals surface area contributed by atoms with Gasteiger partial charge >= 0.3 is 12.1 Å². The smallest absolute Gasteiger partial charge is 0.410 e. The SMILES string of the molecule is O=C(O)CC1(OC(=O)N2CCC[C@H](CNc3nc(-c4c[nH]c5ncc(Cl)cc45)ncc3F)C2)CCCC1. The van der Waals surface area contributed by atoms with Crippen LogP contribution >= 0.6 is 11.6 Å². The van der Waals surface area contributed by atoms with Gasteiger partial charge in [0.15, 0.2) is 17.5 Å². The van der Waals surface area contributed by atoms with Crippen LogP contribution in [-0.2, 0) is 9.53 Å². The maximum Gasteiger partial charge on any atom is 0.410 e. The van der Waals surface area contributed by atoms with Crippen molar-refractivity contribution in [3.8, 4) is 11.4 Å². The van der Waals surface area contributed by atoms with Crippen LogP contribution in [0.2, 0.25) is 5.02 Å². The zero-order valence-corrected chi connectivity index (χ0v) is 20.9. The lowest BCUT2D eigenvalue weighted by Gasteiger charge is -2.36. The molecular weight excluding hydrogens is 503 g/mol. The number of aromatic amines is 1. The normalized spacial score (nSPS) is 19.2. The number of ether oxygens (including phenoxy) is 1. The summed E-state index contributed by atoms with van der Waals surface area (Å²) in [5.41, 5.74) is 0.358. The minimum absolute atomic E-state index is 0.0502. The summed E-state index contributed by atoms with van der Waals surface area (Å²) < 4.78 is 20.3. The number of aromatic nitrogens is 4. The zero-order chi connectivity index (χ0) is 26.0. The molecule has 10 nitrogen and oxygen atoms in total. The van der Waals surface area contributed by atoms with Crippen LogP contribution < -0.4 is 5.32 Å². The highest BCUT2D eigenvalue weighted by atomic mass is 35.5. The summed E-state index contributed by atoms with van der Waals surface area (Å²) in [6.45, 7) is 1.38. The molecule has 0 spiro atoms. The number of hydrogen-bond donors (Lipinski definition) is 3. The molecule has 0 unspecified atom stereocenters. The Labute approximate surface area is 217 Å². The summed E-state index contributed by atoms with van der Waals surface area (Å²) >= 11 is 6.09. The number of rotatable bonds is 7. The lowest BCUT2D eigenvalue weighted by Crippen LogP contribution is -2.46. The first-order valence-corrected chi connectivity index (χ1v) is 12.8. The summed E-state index contributed by atoms with van der Waals surface area (Å²) in [4.78, 5) is 41.7. The molecule has 1 saturated carbocycles. The van der Waals surface area contributed by atoms with E-state index < -0.39 is 23.5 Å². The van der Waals surface area contributed by atoms with Gasteiger partial charge < -0.3 is 25.0 Å². The summed E-state index contributed by atoms with van der Waals surface area (Å²) in [6.07, 6.45) is 8.16. The maximum absolute atomic E-state index is 14.6. The predicted molar refractivity (Wildman–Crippen MR) is 135 cm³/mol. The second-order valence-corrected chi connectivity index (χ2v) is 10.2.